The lowest BCUT2D eigenvalue weighted by atomic mass is 9.63. The molecule has 2 aromatic rings. The fraction of sp³-hybridized carbons (Fsp3) is 0.318. The summed E-state index contributed by atoms with van der Waals surface area (Å²) in [5.41, 5.74) is 4.62. The van der Waals surface area contributed by atoms with Gasteiger partial charge in [-0.2, -0.15) is 0 Å². The van der Waals surface area contributed by atoms with Gasteiger partial charge in [0, 0.05) is 11.0 Å². The van der Waals surface area contributed by atoms with Gasteiger partial charge in [-0.3, -0.25) is 4.79 Å². The van der Waals surface area contributed by atoms with Gasteiger partial charge >= 0.3 is 0 Å². The van der Waals surface area contributed by atoms with Crippen LogP contribution in [0.5, 0.6) is 0 Å². The number of Topliss-reactive ketones (excluding diaryl/α,β-unsaturated/α-hetero) is 1. The maximum absolute atomic E-state index is 13.4. The zero-order chi connectivity index (χ0) is 15.4. The lowest BCUT2D eigenvalue weighted by Crippen LogP contribution is -2.39. The monoisotopic (exact) mass is 300 g/mol. The smallest absolute Gasteiger partial charge is 0.169 e. The Morgan fingerprint density at radius 2 is 1.74 bits per heavy atom. The maximum Gasteiger partial charge on any atom is 0.169 e. The van der Waals surface area contributed by atoms with E-state index in [0.29, 0.717) is 17.6 Å². The van der Waals surface area contributed by atoms with Gasteiger partial charge in [-0.15, -0.1) is 0 Å². The fourth-order valence-corrected chi connectivity index (χ4v) is 5.19. The molecule has 3 unspecified atom stereocenters. The topological polar surface area (TPSA) is 17.1 Å². The summed E-state index contributed by atoms with van der Waals surface area (Å²) in [4.78, 5) is 13.4. The van der Waals surface area contributed by atoms with Crippen LogP contribution in [0.1, 0.15) is 35.2 Å². The van der Waals surface area contributed by atoms with E-state index < -0.39 is 0 Å². The first-order chi connectivity index (χ1) is 11.3. The first-order valence-electron chi connectivity index (χ1n) is 8.68. The third kappa shape index (κ3) is 1.77. The van der Waals surface area contributed by atoms with E-state index in [1.54, 1.807) is 0 Å². The van der Waals surface area contributed by atoms with Crippen LogP contribution in [-0.4, -0.2) is 5.78 Å². The standard InChI is InChI=1S/C22H20O/c23-21-20-8-4-7-18(16-5-2-1-3-6-16)19(20)11-12-22(21)14-15-9-10-17(22)13-15/h1-10,15,17H,11-14H2. The lowest BCUT2D eigenvalue weighted by molar-refractivity contribution is 0.0703. The molecule has 5 rings (SSSR count). The molecule has 1 spiro atoms. The summed E-state index contributed by atoms with van der Waals surface area (Å²) in [5, 5.41) is 0. The molecule has 1 heteroatoms. The summed E-state index contributed by atoms with van der Waals surface area (Å²) in [6.07, 6.45) is 8.97. The van der Waals surface area contributed by atoms with Crippen molar-refractivity contribution in [1.29, 1.82) is 0 Å². The molecule has 2 bridgehead atoms. The number of carbonyl (C=O) groups is 1. The second-order valence-corrected chi connectivity index (χ2v) is 7.37. The summed E-state index contributed by atoms with van der Waals surface area (Å²) < 4.78 is 0. The Balaban J connectivity index is 1.63. The normalized spacial score (nSPS) is 30.9. The summed E-state index contributed by atoms with van der Waals surface area (Å²) in [5.74, 6) is 1.53. The quantitative estimate of drug-likeness (QED) is 0.672. The van der Waals surface area contributed by atoms with Crippen molar-refractivity contribution in [2.24, 2.45) is 17.3 Å². The van der Waals surface area contributed by atoms with Crippen molar-refractivity contribution >= 4 is 5.78 Å². The number of hydrogen-bond acceptors (Lipinski definition) is 1. The third-order valence-electron chi connectivity index (χ3n) is 6.29. The zero-order valence-corrected chi connectivity index (χ0v) is 13.2. The second kappa shape index (κ2) is 4.67. The zero-order valence-electron chi connectivity index (χ0n) is 13.2. The molecule has 23 heavy (non-hydrogen) atoms. The molecule has 3 aliphatic rings. The molecule has 114 valence electrons. The van der Waals surface area contributed by atoms with Crippen LogP contribution >= 0.6 is 0 Å². The van der Waals surface area contributed by atoms with Gasteiger partial charge in [0.2, 0.25) is 0 Å². The van der Waals surface area contributed by atoms with Gasteiger partial charge in [-0.05, 0) is 54.2 Å². The van der Waals surface area contributed by atoms with Crippen LogP contribution in [0.2, 0.25) is 0 Å². The first-order valence-corrected chi connectivity index (χ1v) is 8.68. The van der Waals surface area contributed by atoms with Crippen LogP contribution in [0.3, 0.4) is 0 Å². The van der Waals surface area contributed by atoms with E-state index >= 15 is 0 Å². The summed E-state index contributed by atoms with van der Waals surface area (Å²) in [6, 6.07) is 16.8. The molecule has 0 heterocycles. The summed E-state index contributed by atoms with van der Waals surface area (Å²) in [6.45, 7) is 0. The summed E-state index contributed by atoms with van der Waals surface area (Å²) >= 11 is 0. The number of fused-ring (bicyclic) bond motifs is 4. The van der Waals surface area contributed by atoms with Crippen LogP contribution < -0.4 is 0 Å². The number of allylic oxidation sites excluding steroid dienone is 2. The van der Waals surface area contributed by atoms with Crippen LogP contribution in [0.4, 0.5) is 0 Å². The molecule has 1 fully saturated rings. The highest BCUT2D eigenvalue weighted by atomic mass is 16.1. The van der Waals surface area contributed by atoms with E-state index in [4.69, 9.17) is 0 Å². The van der Waals surface area contributed by atoms with Crippen molar-refractivity contribution in [1.82, 2.24) is 0 Å². The minimum absolute atomic E-state index is 0.0955. The molecule has 3 aliphatic carbocycles. The molecule has 0 aliphatic heterocycles. The van der Waals surface area contributed by atoms with Crippen molar-refractivity contribution in [3.63, 3.8) is 0 Å². The highest BCUT2D eigenvalue weighted by molar-refractivity contribution is 6.05. The van der Waals surface area contributed by atoms with Gasteiger partial charge in [0.25, 0.3) is 0 Å². The number of ketones is 1. The van der Waals surface area contributed by atoms with Crippen molar-refractivity contribution in [3.8, 4) is 11.1 Å². The van der Waals surface area contributed by atoms with Gasteiger partial charge in [0.05, 0.1) is 0 Å². The molecule has 1 saturated carbocycles. The van der Waals surface area contributed by atoms with Crippen molar-refractivity contribution < 1.29 is 4.79 Å². The van der Waals surface area contributed by atoms with Gasteiger partial charge in [-0.25, -0.2) is 0 Å². The maximum atomic E-state index is 13.4. The van der Waals surface area contributed by atoms with E-state index in [1.165, 1.54) is 23.1 Å². The largest absolute Gasteiger partial charge is 0.294 e. The molecule has 2 aromatic carbocycles. The fourth-order valence-electron chi connectivity index (χ4n) is 5.19. The Hall–Kier alpha value is -2.15. The molecular weight excluding hydrogens is 280 g/mol. The highest BCUT2D eigenvalue weighted by Crippen LogP contribution is 2.58. The Kier molecular flexibility index (Phi) is 2.70. The average molecular weight is 300 g/mol. The Morgan fingerprint density at radius 3 is 2.48 bits per heavy atom. The van der Waals surface area contributed by atoms with Gasteiger partial charge in [0.1, 0.15) is 0 Å². The average Bonchev–Trinajstić information content (AvgIpc) is 3.20. The van der Waals surface area contributed by atoms with E-state index in [-0.39, 0.29) is 5.41 Å². The van der Waals surface area contributed by atoms with Crippen molar-refractivity contribution in [2.75, 3.05) is 0 Å². The molecule has 3 atom stereocenters. The van der Waals surface area contributed by atoms with Gasteiger partial charge in [0.15, 0.2) is 5.78 Å². The minimum atomic E-state index is -0.0955. The minimum Gasteiger partial charge on any atom is -0.294 e. The first kappa shape index (κ1) is 13.3. The highest BCUT2D eigenvalue weighted by Gasteiger charge is 2.54. The molecule has 1 nitrogen and oxygen atoms in total. The van der Waals surface area contributed by atoms with Crippen molar-refractivity contribution in [2.45, 2.75) is 25.7 Å². The van der Waals surface area contributed by atoms with E-state index in [2.05, 4.69) is 54.6 Å². The number of carbonyl (C=O) groups excluding carboxylic acids is 1. The Bertz CT molecular complexity index is 817. The predicted molar refractivity (Wildman–Crippen MR) is 92.3 cm³/mol. The third-order valence-corrected chi connectivity index (χ3v) is 6.29. The number of benzene rings is 2. The predicted octanol–water partition coefficient (Wildman–Crippen LogP) is 5.06. The van der Waals surface area contributed by atoms with Crippen molar-refractivity contribution in [3.05, 3.63) is 71.8 Å². The van der Waals surface area contributed by atoms with Gasteiger partial charge < -0.3 is 0 Å². The van der Waals surface area contributed by atoms with E-state index in [1.807, 2.05) is 6.07 Å². The molecule has 0 N–H and O–H groups in total. The second-order valence-electron chi connectivity index (χ2n) is 7.37. The molecule has 0 amide bonds. The Morgan fingerprint density at radius 1 is 0.913 bits per heavy atom. The number of hydrogen-bond donors (Lipinski definition) is 0. The molecule has 0 saturated heterocycles. The lowest BCUT2D eigenvalue weighted by Gasteiger charge is -2.39. The molecule has 0 radical (unpaired) electrons. The van der Waals surface area contributed by atoms with Crippen LogP contribution in [0.25, 0.3) is 11.1 Å². The Labute approximate surface area is 137 Å². The van der Waals surface area contributed by atoms with E-state index in [0.717, 1.165) is 24.8 Å². The van der Waals surface area contributed by atoms with Crippen LogP contribution in [0, 0.1) is 17.3 Å². The SMILES string of the molecule is O=C1c2cccc(-c3ccccc3)c2CCC12CC1C=CC2C1. The van der Waals surface area contributed by atoms with Gasteiger partial charge in [-0.1, -0.05) is 60.7 Å². The van der Waals surface area contributed by atoms with Crippen LogP contribution in [-0.2, 0) is 6.42 Å². The van der Waals surface area contributed by atoms with Crippen LogP contribution in [0.15, 0.2) is 60.7 Å². The number of rotatable bonds is 1. The van der Waals surface area contributed by atoms with E-state index in [9.17, 15) is 4.79 Å². The molecular formula is C22H20O. The summed E-state index contributed by atoms with van der Waals surface area (Å²) in [7, 11) is 0. The molecule has 0 aromatic heterocycles.